The van der Waals surface area contributed by atoms with Crippen LogP contribution in [-0.2, 0) is 16.1 Å². The van der Waals surface area contributed by atoms with Gasteiger partial charge in [-0.3, -0.25) is 9.59 Å². The van der Waals surface area contributed by atoms with Crippen molar-refractivity contribution in [2.75, 3.05) is 6.61 Å². The van der Waals surface area contributed by atoms with Gasteiger partial charge in [0.25, 0.3) is 5.91 Å². The minimum atomic E-state index is -0.523. The first-order valence-electron chi connectivity index (χ1n) is 11.8. The van der Waals surface area contributed by atoms with Gasteiger partial charge in [0.05, 0.1) is 0 Å². The molecule has 5 nitrogen and oxygen atoms in total. The molecule has 32 heavy (non-hydrogen) atoms. The SMILES string of the molecule is CCC(C(=O)NC1CCCCC1)N(Cc1ccccc1C)C(=O)COc1cccc(C)c1. The molecule has 1 atom stereocenters. The van der Waals surface area contributed by atoms with Gasteiger partial charge in [-0.25, -0.2) is 0 Å². The summed E-state index contributed by atoms with van der Waals surface area (Å²) in [6, 6.07) is 15.3. The summed E-state index contributed by atoms with van der Waals surface area (Å²) in [7, 11) is 0. The number of nitrogens with one attached hydrogen (secondary N) is 1. The molecule has 1 N–H and O–H groups in total. The maximum Gasteiger partial charge on any atom is 0.261 e. The number of benzene rings is 2. The summed E-state index contributed by atoms with van der Waals surface area (Å²) in [5.74, 6) is 0.422. The number of amides is 2. The molecule has 0 saturated heterocycles. The highest BCUT2D eigenvalue weighted by Crippen LogP contribution is 2.20. The van der Waals surface area contributed by atoms with Crippen molar-refractivity contribution < 1.29 is 14.3 Å². The van der Waals surface area contributed by atoms with Crippen LogP contribution in [0, 0.1) is 13.8 Å². The van der Waals surface area contributed by atoms with Crippen LogP contribution in [0.25, 0.3) is 0 Å². The van der Waals surface area contributed by atoms with E-state index in [0.29, 0.717) is 18.7 Å². The molecule has 0 aromatic heterocycles. The smallest absolute Gasteiger partial charge is 0.261 e. The Bertz CT molecular complexity index is 905. The van der Waals surface area contributed by atoms with Crippen LogP contribution in [0.15, 0.2) is 48.5 Å². The molecule has 2 aromatic rings. The number of nitrogens with zero attached hydrogens (tertiary/aromatic N) is 1. The normalized spacial score (nSPS) is 15.1. The Labute approximate surface area is 192 Å². The molecule has 172 valence electrons. The number of carbonyl (C=O) groups is 2. The van der Waals surface area contributed by atoms with E-state index in [1.54, 1.807) is 4.90 Å². The van der Waals surface area contributed by atoms with Crippen LogP contribution in [0.5, 0.6) is 5.75 Å². The van der Waals surface area contributed by atoms with Gasteiger partial charge in [-0.1, -0.05) is 62.6 Å². The Morgan fingerprint density at radius 3 is 2.50 bits per heavy atom. The maximum absolute atomic E-state index is 13.3. The number of hydrogen-bond donors (Lipinski definition) is 1. The first-order valence-corrected chi connectivity index (χ1v) is 11.8. The summed E-state index contributed by atoms with van der Waals surface area (Å²) in [4.78, 5) is 28.3. The van der Waals surface area contributed by atoms with Gasteiger partial charge in [0, 0.05) is 12.6 Å². The molecule has 0 bridgehead atoms. The van der Waals surface area contributed by atoms with E-state index >= 15 is 0 Å². The van der Waals surface area contributed by atoms with Crippen LogP contribution in [-0.4, -0.2) is 35.4 Å². The van der Waals surface area contributed by atoms with Gasteiger partial charge in [0.15, 0.2) is 6.61 Å². The summed E-state index contributed by atoms with van der Waals surface area (Å²) in [5, 5.41) is 3.21. The highest BCUT2D eigenvalue weighted by Gasteiger charge is 2.30. The van der Waals surface area contributed by atoms with E-state index in [2.05, 4.69) is 5.32 Å². The maximum atomic E-state index is 13.3. The molecule has 1 fully saturated rings. The lowest BCUT2D eigenvalue weighted by Crippen LogP contribution is -2.52. The van der Waals surface area contributed by atoms with Crippen LogP contribution in [0.2, 0.25) is 0 Å². The lowest BCUT2D eigenvalue weighted by Gasteiger charge is -2.33. The molecule has 0 radical (unpaired) electrons. The van der Waals surface area contributed by atoms with E-state index < -0.39 is 6.04 Å². The fraction of sp³-hybridized carbons (Fsp3) is 0.481. The summed E-state index contributed by atoms with van der Waals surface area (Å²) in [6.45, 7) is 6.28. The zero-order valence-corrected chi connectivity index (χ0v) is 19.6. The second kappa shape index (κ2) is 11.7. The molecule has 1 saturated carbocycles. The summed E-state index contributed by atoms with van der Waals surface area (Å²) < 4.78 is 5.80. The quantitative estimate of drug-likeness (QED) is 0.606. The van der Waals surface area contributed by atoms with Crippen molar-refractivity contribution in [1.82, 2.24) is 10.2 Å². The topological polar surface area (TPSA) is 58.6 Å². The molecule has 1 aliphatic rings. The fourth-order valence-corrected chi connectivity index (χ4v) is 4.37. The molecule has 0 spiro atoms. The molecule has 3 rings (SSSR count). The van der Waals surface area contributed by atoms with E-state index in [4.69, 9.17) is 4.74 Å². The highest BCUT2D eigenvalue weighted by atomic mass is 16.5. The average Bonchev–Trinajstić information content (AvgIpc) is 2.79. The second-order valence-electron chi connectivity index (χ2n) is 8.82. The molecule has 2 aromatic carbocycles. The third-order valence-electron chi connectivity index (χ3n) is 6.29. The van der Waals surface area contributed by atoms with Gasteiger partial charge >= 0.3 is 0 Å². The largest absolute Gasteiger partial charge is 0.484 e. The van der Waals surface area contributed by atoms with Gasteiger partial charge in [-0.2, -0.15) is 0 Å². The van der Waals surface area contributed by atoms with E-state index in [0.717, 1.165) is 42.4 Å². The van der Waals surface area contributed by atoms with E-state index in [-0.39, 0.29) is 24.5 Å². The van der Waals surface area contributed by atoms with Crippen LogP contribution < -0.4 is 10.1 Å². The lowest BCUT2D eigenvalue weighted by atomic mass is 9.95. The Kier molecular flexibility index (Phi) is 8.72. The van der Waals surface area contributed by atoms with Crippen molar-refractivity contribution in [2.45, 2.75) is 77.9 Å². The van der Waals surface area contributed by atoms with Crippen molar-refractivity contribution in [2.24, 2.45) is 0 Å². The third kappa shape index (κ3) is 6.59. The summed E-state index contributed by atoms with van der Waals surface area (Å²) >= 11 is 0. The van der Waals surface area contributed by atoms with Gasteiger partial charge in [-0.05, 0) is 61.9 Å². The molecule has 0 aliphatic heterocycles. The lowest BCUT2D eigenvalue weighted by molar-refractivity contribution is -0.143. The Balaban J connectivity index is 1.76. The number of carbonyl (C=O) groups excluding carboxylic acids is 2. The Hall–Kier alpha value is -2.82. The third-order valence-corrected chi connectivity index (χ3v) is 6.29. The Morgan fingerprint density at radius 1 is 1.06 bits per heavy atom. The van der Waals surface area contributed by atoms with Gasteiger partial charge in [-0.15, -0.1) is 0 Å². The van der Waals surface area contributed by atoms with Crippen molar-refractivity contribution in [3.05, 3.63) is 65.2 Å². The monoisotopic (exact) mass is 436 g/mol. The number of hydrogen-bond acceptors (Lipinski definition) is 3. The zero-order chi connectivity index (χ0) is 22.9. The molecule has 0 heterocycles. The predicted octanol–water partition coefficient (Wildman–Crippen LogP) is 4.94. The number of rotatable bonds is 9. The fourth-order valence-electron chi connectivity index (χ4n) is 4.37. The van der Waals surface area contributed by atoms with Crippen LogP contribution in [0.3, 0.4) is 0 Å². The predicted molar refractivity (Wildman–Crippen MR) is 127 cm³/mol. The van der Waals surface area contributed by atoms with E-state index in [9.17, 15) is 9.59 Å². The van der Waals surface area contributed by atoms with Crippen LogP contribution in [0.4, 0.5) is 0 Å². The molecular weight excluding hydrogens is 400 g/mol. The highest BCUT2D eigenvalue weighted by molar-refractivity contribution is 5.88. The Morgan fingerprint density at radius 2 is 1.81 bits per heavy atom. The summed E-state index contributed by atoms with van der Waals surface area (Å²) in [6.07, 6.45) is 6.13. The van der Waals surface area contributed by atoms with Gasteiger partial charge < -0.3 is 15.0 Å². The minimum Gasteiger partial charge on any atom is -0.484 e. The second-order valence-corrected chi connectivity index (χ2v) is 8.82. The molecular formula is C27H36N2O3. The van der Waals surface area contributed by atoms with Gasteiger partial charge in [0.2, 0.25) is 5.91 Å². The number of aryl methyl sites for hydroxylation is 2. The molecule has 1 aliphatic carbocycles. The average molecular weight is 437 g/mol. The van der Waals surface area contributed by atoms with E-state index in [1.165, 1.54) is 6.42 Å². The van der Waals surface area contributed by atoms with Crippen LogP contribution >= 0.6 is 0 Å². The number of ether oxygens (including phenoxy) is 1. The molecule has 1 unspecified atom stereocenters. The van der Waals surface area contributed by atoms with Crippen molar-refractivity contribution >= 4 is 11.8 Å². The first-order chi connectivity index (χ1) is 15.5. The molecule has 5 heteroatoms. The standard InChI is InChI=1S/C27H36N2O3/c1-4-25(27(31)28-23-14-6-5-7-15-23)29(18-22-13-9-8-12-21(22)3)26(30)19-32-24-16-10-11-20(2)17-24/h8-13,16-17,23,25H,4-7,14-15,18-19H2,1-3H3,(H,28,31). The van der Waals surface area contributed by atoms with Crippen molar-refractivity contribution in [1.29, 1.82) is 0 Å². The summed E-state index contributed by atoms with van der Waals surface area (Å²) in [5.41, 5.74) is 3.22. The van der Waals surface area contributed by atoms with E-state index in [1.807, 2.05) is 69.3 Å². The molecule has 2 amide bonds. The zero-order valence-electron chi connectivity index (χ0n) is 19.6. The van der Waals surface area contributed by atoms with Crippen molar-refractivity contribution in [3.63, 3.8) is 0 Å². The van der Waals surface area contributed by atoms with Crippen LogP contribution in [0.1, 0.15) is 62.1 Å². The minimum absolute atomic E-state index is 0.0584. The first kappa shape index (κ1) is 23.8. The van der Waals surface area contributed by atoms with Gasteiger partial charge in [0.1, 0.15) is 11.8 Å². The van der Waals surface area contributed by atoms with Crippen molar-refractivity contribution in [3.8, 4) is 5.75 Å².